The molecule has 2 heterocycles. The Hall–Kier alpha value is -3.17. The number of ether oxygens (including phenoxy) is 1. The summed E-state index contributed by atoms with van der Waals surface area (Å²) in [6.45, 7) is 2.42. The quantitative estimate of drug-likeness (QED) is 0.375. The first-order chi connectivity index (χ1) is 15.6. The van der Waals surface area contributed by atoms with Gasteiger partial charge in [0.1, 0.15) is 30.1 Å². The van der Waals surface area contributed by atoms with E-state index in [1.165, 1.54) is 10.7 Å². The van der Waals surface area contributed by atoms with Gasteiger partial charge >= 0.3 is 5.97 Å². The van der Waals surface area contributed by atoms with Gasteiger partial charge in [-0.25, -0.2) is 9.48 Å². The molecule has 0 aliphatic carbocycles. The van der Waals surface area contributed by atoms with Crippen LogP contribution in [-0.4, -0.2) is 73.0 Å². The molecule has 0 spiro atoms. The van der Waals surface area contributed by atoms with Gasteiger partial charge in [-0.05, 0) is 24.3 Å². The molecule has 0 saturated heterocycles. The van der Waals surface area contributed by atoms with E-state index in [0.29, 0.717) is 15.9 Å². The monoisotopic (exact) mass is 478 g/mol. The maximum atomic E-state index is 12.6. The summed E-state index contributed by atoms with van der Waals surface area (Å²) in [5.74, 6) is -2.98. The highest BCUT2D eigenvalue weighted by Crippen LogP contribution is 2.33. The molecule has 0 radical (unpaired) electrons. The van der Waals surface area contributed by atoms with Crippen LogP contribution in [0.2, 0.25) is 5.02 Å². The number of aliphatic carboxylic acids is 1. The predicted molar refractivity (Wildman–Crippen MR) is 115 cm³/mol. The molecular formula is C21H23ClN4O7. The van der Waals surface area contributed by atoms with Crippen LogP contribution in [0.3, 0.4) is 0 Å². The molecule has 1 amide bonds. The molecule has 0 bridgehead atoms. The van der Waals surface area contributed by atoms with E-state index >= 15 is 0 Å². The first kappa shape index (κ1) is 24.5. The second-order valence-electron chi connectivity index (χ2n) is 7.91. The first-order valence-electron chi connectivity index (χ1n) is 10.1. The van der Waals surface area contributed by atoms with Gasteiger partial charge < -0.3 is 30.5 Å². The molecule has 12 heteroatoms. The molecule has 5 N–H and O–H groups in total. The molecule has 2 aromatic rings. The van der Waals surface area contributed by atoms with Crippen molar-refractivity contribution in [1.82, 2.24) is 15.1 Å². The number of carboxylic acid groups (broad SMARTS) is 1. The lowest BCUT2D eigenvalue weighted by atomic mass is 9.91. The number of aliphatic hydroxyl groups excluding tert-OH is 3. The number of nitriles is 1. The number of nitrogens with one attached hydrogen (secondary N) is 1. The van der Waals surface area contributed by atoms with Crippen LogP contribution in [0.5, 0.6) is 0 Å². The predicted octanol–water partition coefficient (Wildman–Crippen LogP) is 0.325. The number of aliphatic hydroxyl groups is 3. The Labute approximate surface area is 193 Å². The zero-order valence-corrected chi connectivity index (χ0v) is 18.5. The SMILES string of the molecule is CC(C)C(=O)N[C@H]1[C@H]([C@H](O)[C@H](O)CO)OC(C(=O)O)=C[C@@H]1n1nc2ccc(Cl)cc2c1C#N. The summed E-state index contributed by atoms with van der Waals surface area (Å²) in [5, 5.41) is 57.2. The summed E-state index contributed by atoms with van der Waals surface area (Å²) >= 11 is 6.06. The number of halogens is 1. The Morgan fingerprint density at radius 2 is 2.06 bits per heavy atom. The van der Waals surface area contributed by atoms with Crippen molar-refractivity contribution in [3.63, 3.8) is 0 Å². The second-order valence-corrected chi connectivity index (χ2v) is 8.34. The number of nitrogens with zero attached hydrogens (tertiary/aromatic N) is 3. The van der Waals surface area contributed by atoms with Crippen LogP contribution in [0.25, 0.3) is 10.9 Å². The zero-order chi connectivity index (χ0) is 24.4. The minimum atomic E-state index is -1.78. The van der Waals surface area contributed by atoms with Crippen LogP contribution in [0.4, 0.5) is 0 Å². The molecule has 0 fully saturated rings. The van der Waals surface area contributed by atoms with Gasteiger partial charge in [-0.1, -0.05) is 25.4 Å². The number of carbonyl (C=O) groups excluding carboxylic acids is 1. The Kier molecular flexibility index (Phi) is 7.24. The van der Waals surface area contributed by atoms with Gasteiger partial charge in [0.05, 0.1) is 24.2 Å². The second kappa shape index (κ2) is 9.76. The van der Waals surface area contributed by atoms with Gasteiger partial charge in [0.2, 0.25) is 11.7 Å². The normalized spacial score (nSPS) is 22.2. The minimum absolute atomic E-state index is 0.0418. The molecule has 1 aliphatic heterocycles. The van der Waals surface area contributed by atoms with Gasteiger partial charge in [-0.2, -0.15) is 10.4 Å². The van der Waals surface area contributed by atoms with Crippen LogP contribution < -0.4 is 5.32 Å². The van der Waals surface area contributed by atoms with Gasteiger partial charge in [0, 0.05) is 16.3 Å². The van der Waals surface area contributed by atoms with E-state index in [1.807, 2.05) is 6.07 Å². The first-order valence-corrected chi connectivity index (χ1v) is 10.4. The molecule has 1 aliphatic rings. The van der Waals surface area contributed by atoms with E-state index < -0.39 is 60.6 Å². The van der Waals surface area contributed by atoms with Crippen molar-refractivity contribution in [3.05, 3.63) is 40.8 Å². The summed E-state index contributed by atoms with van der Waals surface area (Å²) in [4.78, 5) is 24.3. The maximum absolute atomic E-state index is 12.6. The third-order valence-corrected chi connectivity index (χ3v) is 5.55. The van der Waals surface area contributed by atoms with Crippen molar-refractivity contribution in [3.8, 4) is 6.07 Å². The third-order valence-electron chi connectivity index (χ3n) is 5.32. The number of amides is 1. The molecule has 1 aromatic heterocycles. The maximum Gasteiger partial charge on any atom is 0.370 e. The summed E-state index contributed by atoms with van der Waals surface area (Å²) in [6.07, 6.45) is -3.79. The number of hydrogen-bond acceptors (Lipinski definition) is 8. The molecule has 176 valence electrons. The highest BCUT2D eigenvalue weighted by molar-refractivity contribution is 6.31. The Morgan fingerprint density at radius 1 is 1.36 bits per heavy atom. The van der Waals surface area contributed by atoms with Crippen molar-refractivity contribution < 1.29 is 34.8 Å². The molecule has 3 rings (SSSR count). The van der Waals surface area contributed by atoms with E-state index in [0.717, 1.165) is 6.08 Å². The van der Waals surface area contributed by atoms with Crippen LogP contribution in [0.15, 0.2) is 30.0 Å². The Balaban J connectivity index is 2.23. The fraction of sp³-hybridized carbons (Fsp3) is 0.429. The van der Waals surface area contributed by atoms with Gasteiger partial charge in [0.15, 0.2) is 0 Å². The van der Waals surface area contributed by atoms with Crippen LogP contribution in [0, 0.1) is 17.2 Å². The third kappa shape index (κ3) is 4.79. The van der Waals surface area contributed by atoms with E-state index in [2.05, 4.69) is 10.4 Å². The topological polar surface area (TPSA) is 178 Å². The van der Waals surface area contributed by atoms with Crippen molar-refractivity contribution in [2.45, 2.75) is 44.2 Å². The smallest absolute Gasteiger partial charge is 0.370 e. The lowest BCUT2D eigenvalue weighted by molar-refractivity contribution is -0.147. The summed E-state index contributed by atoms with van der Waals surface area (Å²) in [7, 11) is 0. The minimum Gasteiger partial charge on any atom is -0.478 e. The van der Waals surface area contributed by atoms with Crippen molar-refractivity contribution in [1.29, 1.82) is 5.26 Å². The van der Waals surface area contributed by atoms with E-state index in [1.54, 1.807) is 26.0 Å². The Bertz CT molecular complexity index is 1140. The molecule has 0 unspecified atom stereocenters. The summed E-state index contributed by atoms with van der Waals surface area (Å²) in [5.41, 5.74) is 0.439. The number of benzene rings is 1. The number of carbonyl (C=O) groups is 2. The van der Waals surface area contributed by atoms with Gasteiger partial charge in [0.25, 0.3) is 0 Å². The number of rotatable bonds is 7. The number of carboxylic acids is 1. The summed E-state index contributed by atoms with van der Waals surface area (Å²) in [6, 6.07) is 4.46. The van der Waals surface area contributed by atoms with E-state index in [4.69, 9.17) is 16.3 Å². The van der Waals surface area contributed by atoms with Gasteiger partial charge in [-0.15, -0.1) is 0 Å². The Morgan fingerprint density at radius 3 is 2.64 bits per heavy atom. The average molecular weight is 479 g/mol. The molecule has 5 atom stereocenters. The van der Waals surface area contributed by atoms with Crippen LogP contribution in [-0.2, 0) is 14.3 Å². The molecule has 0 saturated carbocycles. The van der Waals surface area contributed by atoms with E-state index in [-0.39, 0.29) is 5.69 Å². The molecule has 1 aromatic carbocycles. The van der Waals surface area contributed by atoms with Crippen molar-refractivity contribution in [2.24, 2.45) is 5.92 Å². The summed E-state index contributed by atoms with van der Waals surface area (Å²) < 4.78 is 6.65. The van der Waals surface area contributed by atoms with Crippen molar-refractivity contribution >= 4 is 34.4 Å². The number of fused-ring (bicyclic) bond motifs is 1. The van der Waals surface area contributed by atoms with Crippen molar-refractivity contribution in [2.75, 3.05) is 6.61 Å². The molecule has 33 heavy (non-hydrogen) atoms. The fourth-order valence-corrected chi connectivity index (χ4v) is 3.74. The van der Waals surface area contributed by atoms with Crippen LogP contribution >= 0.6 is 11.6 Å². The fourth-order valence-electron chi connectivity index (χ4n) is 3.57. The van der Waals surface area contributed by atoms with Crippen LogP contribution in [0.1, 0.15) is 25.6 Å². The number of aromatic nitrogens is 2. The lowest BCUT2D eigenvalue weighted by Crippen LogP contribution is -2.59. The standard InChI is InChI=1S/C21H23ClN4O7/c1-9(2)20(30)24-17-13(6-16(21(31)32)33-19(17)18(29)15(28)8-27)26-14(7-23)11-5-10(22)3-4-12(11)25-26/h3-6,9,13,15,17-19,27-29H,8H2,1-2H3,(H,24,30)(H,31,32)/t13-,15+,17+,18+,19+/m0/s1. The largest absolute Gasteiger partial charge is 0.478 e. The highest BCUT2D eigenvalue weighted by Gasteiger charge is 2.45. The molecular weight excluding hydrogens is 456 g/mol. The highest BCUT2D eigenvalue weighted by atomic mass is 35.5. The number of hydrogen-bond donors (Lipinski definition) is 5. The lowest BCUT2D eigenvalue weighted by Gasteiger charge is -2.40. The van der Waals surface area contributed by atoms with E-state index in [9.17, 15) is 35.3 Å². The molecule has 11 nitrogen and oxygen atoms in total. The van der Waals surface area contributed by atoms with Gasteiger partial charge in [-0.3, -0.25) is 4.79 Å². The zero-order valence-electron chi connectivity index (χ0n) is 17.7. The average Bonchev–Trinajstić information content (AvgIpc) is 3.15.